The number of hydrogen-bond acceptors (Lipinski definition) is 3. The maximum atomic E-state index is 10.3. The molecule has 4 nitrogen and oxygen atoms in total. The number of aliphatic hydroxyl groups excluding tert-OH is 1. The highest BCUT2D eigenvalue weighted by atomic mass is 16.5. The molecule has 0 saturated carbocycles. The van der Waals surface area contributed by atoms with Crippen LogP contribution in [0.3, 0.4) is 0 Å². The summed E-state index contributed by atoms with van der Waals surface area (Å²) in [6.45, 7) is 9.11. The van der Waals surface area contributed by atoms with Gasteiger partial charge < -0.3 is 14.2 Å². The van der Waals surface area contributed by atoms with Crippen LogP contribution in [0.25, 0.3) is 0 Å². The Morgan fingerprint density at radius 2 is 2.20 bits per heavy atom. The van der Waals surface area contributed by atoms with E-state index in [-0.39, 0.29) is 11.5 Å². The second-order valence-electron chi connectivity index (χ2n) is 6.71. The minimum Gasteiger partial charge on any atom is -0.388 e. The number of rotatable bonds is 2. The Morgan fingerprint density at radius 1 is 1.45 bits per heavy atom. The lowest BCUT2D eigenvalue weighted by Gasteiger charge is -2.34. The Bertz CT molecular complexity index is 617. The molecule has 0 spiro atoms. The summed E-state index contributed by atoms with van der Waals surface area (Å²) in [4.78, 5) is 0. The summed E-state index contributed by atoms with van der Waals surface area (Å²) in [6, 6.07) is 2.05. The van der Waals surface area contributed by atoms with E-state index >= 15 is 0 Å². The van der Waals surface area contributed by atoms with Gasteiger partial charge in [0.25, 0.3) is 0 Å². The molecule has 20 heavy (non-hydrogen) atoms. The molecular weight excluding hydrogens is 252 g/mol. The highest BCUT2D eigenvalue weighted by Gasteiger charge is 2.33. The second kappa shape index (κ2) is 4.48. The van der Waals surface area contributed by atoms with Crippen LogP contribution in [0.5, 0.6) is 0 Å². The fourth-order valence-corrected chi connectivity index (χ4v) is 3.23. The molecule has 1 aliphatic carbocycles. The van der Waals surface area contributed by atoms with Crippen LogP contribution in [0.2, 0.25) is 0 Å². The summed E-state index contributed by atoms with van der Waals surface area (Å²) in [5.74, 6) is 0.876. The maximum Gasteiger partial charge on any atom is 0.138 e. The zero-order valence-corrected chi connectivity index (χ0v) is 12.6. The first-order chi connectivity index (χ1) is 9.37. The first kappa shape index (κ1) is 13.4. The van der Waals surface area contributed by atoms with Crippen LogP contribution >= 0.6 is 0 Å². The zero-order valence-electron chi connectivity index (χ0n) is 12.6. The van der Waals surface area contributed by atoms with Crippen molar-refractivity contribution in [2.24, 2.45) is 5.41 Å². The van der Waals surface area contributed by atoms with Gasteiger partial charge >= 0.3 is 0 Å². The van der Waals surface area contributed by atoms with Crippen molar-refractivity contribution < 1.29 is 9.63 Å². The topological polar surface area (TPSA) is 51.2 Å². The molecule has 0 bridgehead atoms. The molecule has 1 N–H and O–H groups in total. The minimum atomic E-state index is -0.348. The Balaban J connectivity index is 1.97. The van der Waals surface area contributed by atoms with Crippen molar-refractivity contribution in [2.45, 2.75) is 53.2 Å². The quantitative estimate of drug-likeness (QED) is 0.915. The largest absolute Gasteiger partial charge is 0.388 e. The van der Waals surface area contributed by atoms with E-state index in [1.807, 2.05) is 19.9 Å². The molecule has 0 radical (unpaired) electrons. The molecular formula is C16H22N2O2. The predicted octanol–water partition coefficient (Wildman–Crippen LogP) is 3.15. The van der Waals surface area contributed by atoms with Gasteiger partial charge in [0.15, 0.2) is 0 Å². The summed E-state index contributed by atoms with van der Waals surface area (Å²) in [7, 11) is 0. The summed E-state index contributed by atoms with van der Waals surface area (Å²) in [5, 5.41) is 14.3. The van der Waals surface area contributed by atoms with Gasteiger partial charge in [-0.1, -0.05) is 19.0 Å². The molecule has 2 heterocycles. The number of aliphatic hydroxyl groups is 1. The molecule has 0 saturated heterocycles. The Morgan fingerprint density at radius 3 is 2.85 bits per heavy atom. The molecule has 1 aliphatic rings. The van der Waals surface area contributed by atoms with E-state index in [2.05, 4.69) is 29.8 Å². The van der Waals surface area contributed by atoms with Crippen molar-refractivity contribution in [3.8, 4) is 0 Å². The Hall–Kier alpha value is -1.55. The van der Waals surface area contributed by atoms with Crippen LogP contribution in [0.15, 0.2) is 16.8 Å². The third-order valence-corrected chi connectivity index (χ3v) is 4.37. The molecule has 3 rings (SSSR count). The van der Waals surface area contributed by atoms with E-state index in [9.17, 15) is 5.11 Å². The maximum absolute atomic E-state index is 10.3. The van der Waals surface area contributed by atoms with E-state index in [0.717, 1.165) is 42.0 Å². The molecule has 1 atom stereocenters. The SMILES string of the molecule is Cc1noc(C)c1Cn1ccc2c1CC(C)(C)CC2O. The lowest BCUT2D eigenvalue weighted by molar-refractivity contribution is 0.0981. The third-order valence-electron chi connectivity index (χ3n) is 4.37. The van der Waals surface area contributed by atoms with Crippen molar-refractivity contribution in [3.63, 3.8) is 0 Å². The Kier molecular flexibility index (Phi) is 3.01. The molecule has 108 valence electrons. The van der Waals surface area contributed by atoms with Crippen LogP contribution in [0.4, 0.5) is 0 Å². The number of hydrogen-bond donors (Lipinski definition) is 1. The highest BCUT2D eigenvalue weighted by molar-refractivity contribution is 5.31. The van der Waals surface area contributed by atoms with Crippen molar-refractivity contribution in [2.75, 3.05) is 0 Å². The first-order valence-electron chi connectivity index (χ1n) is 7.15. The number of aromatic nitrogens is 2. The third kappa shape index (κ3) is 2.18. The minimum absolute atomic E-state index is 0.140. The van der Waals surface area contributed by atoms with Gasteiger partial charge in [-0.15, -0.1) is 0 Å². The standard InChI is InChI=1S/C16H22N2O2/c1-10-13(11(2)20-17-10)9-18-6-5-12-14(18)7-16(3,4)8-15(12)19/h5-6,15,19H,7-9H2,1-4H3. The van der Waals surface area contributed by atoms with Crippen molar-refractivity contribution in [1.29, 1.82) is 0 Å². The lowest BCUT2D eigenvalue weighted by atomic mass is 9.75. The van der Waals surface area contributed by atoms with E-state index in [1.165, 1.54) is 5.69 Å². The number of nitrogens with zero attached hydrogens (tertiary/aromatic N) is 2. The summed E-state index contributed by atoms with van der Waals surface area (Å²) in [5.41, 5.74) is 4.55. The second-order valence-corrected chi connectivity index (χ2v) is 6.71. The normalized spacial score (nSPS) is 20.9. The zero-order chi connectivity index (χ0) is 14.5. The van der Waals surface area contributed by atoms with Gasteiger partial charge in [0.2, 0.25) is 0 Å². The lowest BCUT2D eigenvalue weighted by Crippen LogP contribution is -2.27. The molecule has 0 amide bonds. The first-order valence-corrected chi connectivity index (χ1v) is 7.15. The van der Waals surface area contributed by atoms with Crippen LogP contribution in [-0.4, -0.2) is 14.8 Å². The molecule has 4 heteroatoms. The van der Waals surface area contributed by atoms with E-state index in [1.54, 1.807) is 0 Å². The van der Waals surface area contributed by atoms with Crippen LogP contribution < -0.4 is 0 Å². The molecule has 0 aromatic carbocycles. The van der Waals surface area contributed by atoms with Crippen LogP contribution in [0, 0.1) is 19.3 Å². The van der Waals surface area contributed by atoms with Gasteiger partial charge in [0.05, 0.1) is 18.3 Å². The fraction of sp³-hybridized carbons (Fsp3) is 0.562. The van der Waals surface area contributed by atoms with Crippen molar-refractivity contribution in [1.82, 2.24) is 9.72 Å². The van der Waals surface area contributed by atoms with Crippen LogP contribution in [0.1, 0.15) is 54.6 Å². The van der Waals surface area contributed by atoms with Gasteiger partial charge in [0, 0.05) is 23.0 Å². The average Bonchev–Trinajstić information content (AvgIpc) is 2.87. The average molecular weight is 274 g/mol. The van der Waals surface area contributed by atoms with Crippen molar-refractivity contribution in [3.05, 3.63) is 40.5 Å². The molecule has 1 unspecified atom stereocenters. The molecule has 2 aromatic rings. The molecule has 0 fully saturated rings. The van der Waals surface area contributed by atoms with E-state index in [4.69, 9.17) is 4.52 Å². The fourth-order valence-electron chi connectivity index (χ4n) is 3.23. The number of aryl methyl sites for hydroxylation is 2. The summed E-state index contributed by atoms with van der Waals surface area (Å²) < 4.78 is 7.47. The van der Waals surface area contributed by atoms with Crippen LogP contribution in [-0.2, 0) is 13.0 Å². The van der Waals surface area contributed by atoms with Gasteiger partial charge in [-0.3, -0.25) is 0 Å². The number of fused-ring (bicyclic) bond motifs is 1. The van der Waals surface area contributed by atoms with Gasteiger partial charge in [-0.25, -0.2) is 0 Å². The predicted molar refractivity (Wildman–Crippen MR) is 76.6 cm³/mol. The smallest absolute Gasteiger partial charge is 0.138 e. The monoisotopic (exact) mass is 274 g/mol. The van der Waals surface area contributed by atoms with E-state index < -0.39 is 0 Å². The van der Waals surface area contributed by atoms with Gasteiger partial charge in [0.1, 0.15) is 5.76 Å². The van der Waals surface area contributed by atoms with E-state index in [0.29, 0.717) is 0 Å². The molecule has 2 aromatic heterocycles. The Labute approximate surface area is 119 Å². The highest BCUT2D eigenvalue weighted by Crippen LogP contribution is 2.41. The summed E-state index contributed by atoms with van der Waals surface area (Å²) >= 11 is 0. The van der Waals surface area contributed by atoms with Crippen molar-refractivity contribution >= 4 is 0 Å². The van der Waals surface area contributed by atoms with Gasteiger partial charge in [-0.05, 0) is 38.2 Å². The van der Waals surface area contributed by atoms with Gasteiger partial charge in [-0.2, -0.15) is 0 Å². The molecule has 0 aliphatic heterocycles. The summed E-state index contributed by atoms with van der Waals surface area (Å²) in [6.07, 6.45) is 3.55.